The molecule has 1 saturated carbocycles. The van der Waals surface area contributed by atoms with Crippen LogP contribution >= 0.6 is 0 Å². The molecule has 0 spiro atoms. The average molecular weight is 204 g/mol. The highest BCUT2D eigenvalue weighted by molar-refractivity contribution is 5.91. The summed E-state index contributed by atoms with van der Waals surface area (Å²) in [5.41, 5.74) is 0.834. The first-order valence-corrected chi connectivity index (χ1v) is 5.46. The monoisotopic (exact) mass is 204 g/mol. The van der Waals surface area contributed by atoms with Crippen molar-refractivity contribution in [3.05, 3.63) is 11.6 Å². The van der Waals surface area contributed by atoms with Gasteiger partial charge in [-0.3, -0.25) is 4.79 Å². The minimum atomic E-state index is -0.490. The molecular weight excluding hydrogens is 188 g/mol. The van der Waals surface area contributed by atoms with E-state index in [1.165, 1.54) is 0 Å². The van der Waals surface area contributed by atoms with Crippen LogP contribution in [0.5, 0.6) is 0 Å². The van der Waals surface area contributed by atoms with Crippen molar-refractivity contribution in [1.82, 2.24) is 0 Å². The van der Waals surface area contributed by atoms with Gasteiger partial charge in [0.1, 0.15) is 0 Å². The maximum absolute atomic E-state index is 11.3. The lowest BCUT2D eigenvalue weighted by Crippen LogP contribution is -2.45. The molecule has 0 aromatic heterocycles. The molecule has 0 aromatic rings. The summed E-state index contributed by atoms with van der Waals surface area (Å²) in [4.78, 5) is 11.3. The summed E-state index contributed by atoms with van der Waals surface area (Å²) in [5.74, 6) is 2.79. The molecular formula is C13H16O2. The molecule has 0 aliphatic heterocycles. The van der Waals surface area contributed by atoms with Gasteiger partial charge < -0.3 is 5.11 Å². The molecule has 0 amide bonds. The predicted octanol–water partition coefficient (Wildman–Crippen LogP) is 1.69. The summed E-state index contributed by atoms with van der Waals surface area (Å²) in [7, 11) is 0. The normalized spacial score (nSPS) is 40.3. The standard InChI is InChI=1S/C13H16O2/c1-3-9-4-5-10-8-11(14)6-7-13(10,2)12(9)15/h1,8-9,12,15H,4-7H2,2H3. The molecule has 2 heteroatoms. The van der Waals surface area contributed by atoms with Crippen molar-refractivity contribution in [2.45, 2.75) is 38.7 Å². The van der Waals surface area contributed by atoms with Crippen LogP contribution in [0.3, 0.4) is 0 Å². The molecule has 0 bridgehead atoms. The molecule has 3 atom stereocenters. The van der Waals surface area contributed by atoms with Gasteiger partial charge in [0.05, 0.1) is 6.10 Å². The first kappa shape index (κ1) is 10.4. The summed E-state index contributed by atoms with van der Waals surface area (Å²) in [6.07, 6.45) is 9.56. The molecule has 80 valence electrons. The summed E-state index contributed by atoms with van der Waals surface area (Å²) in [6.45, 7) is 2.03. The Labute approximate surface area is 90.4 Å². The first-order valence-electron chi connectivity index (χ1n) is 5.46. The SMILES string of the molecule is C#CC1CCC2=CC(=O)CCC2(C)C1O. The van der Waals surface area contributed by atoms with E-state index in [1.807, 2.05) is 6.92 Å². The number of rotatable bonds is 0. The number of terminal acetylenes is 1. The molecule has 0 radical (unpaired) electrons. The van der Waals surface area contributed by atoms with Crippen LogP contribution in [0.4, 0.5) is 0 Å². The van der Waals surface area contributed by atoms with Gasteiger partial charge in [0.2, 0.25) is 0 Å². The van der Waals surface area contributed by atoms with Gasteiger partial charge in [-0.1, -0.05) is 12.5 Å². The smallest absolute Gasteiger partial charge is 0.155 e. The number of hydrogen-bond acceptors (Lipinski definition) is 2. The second kappa shape index (κ2) is 3.50. The molecule has 2 rings (SSSR count). The lowest BCUT2D eigenvalue weighted by atomic mass is 9.61. The summed E-state index contributed by atoms with van der Waals surface area (Å²) in [5, 5.41) is 10.2. The fraction of sp³-hybridized carbons (Fsp3) is 0.615. The summed E-state index contributed by atoms with van der Waals surface area (Å²) >= 11 is 0. The van der Waals surface area contributed by atoms with Gasteiger partial charge >= 0.3 is 0 Å². The minimum Gasteiger partial charge on any atom is -0.391 e. The van der Waals surface area contributed by atoms with Gasteiger partial charge in [0, 0.05) is 17.8 Å². The Morgan fingerprint density at radius 3 is 3.00 bits per heavy atom. The molecule has 2 nitrogen and oxygen atoms in total. The van der Waals surface area contributed by atoms with Crippen molar-refractivity contribution < 1.29 is 9.90 Å². The predicted molar refractivity (Wildman–Crippen MR) is 58.0 cm³/mol. The molecule has 0 aromatic carbocycles. The van der Waals surface area contributed by atoms with Crippen LogP contribution in [0.25, 0.3) is 0 Å². The van der Waals surface area contributed by atoms with Crippen molar-refractivity contribution in [1.29, 1.82) is 0 Å². The van der Waals surface area contributed by atoms with E-state index in [1.54, 1.807) is 6.08 Å². The quantitative estimate of drug-likeness (QED) is 0.610. The molecule has 0 heterocycles. The zero-order valence-corrected chi connectivity index (χ0v) is 8.99. The Kier molecular flexibility index (Phi) is 2.44. The Hall–Kier alpha value is -1.07. The van der Waals surface area contributed by atoms with Crippen LogP contribution in [0.2, 0.25) is 0 Å². The third-order valence-electron chi connectivity index (χ3n) is 3.93. The highest BCUT2D eigenvalue weighted by Gasteiger charge is 2.45. The van der Waals surface area contributed by atoms with Crippen LogP contribution < -0.4 is 0 Å². The third-order valence-corrected chi connectivity index (χ3v) is 3.93. The Morgan fingerprint density at radius 1 is 1.60 bits per heavy atom. The van der Waals surface area contributed by atoms with Gasteiger partial charge in [-0.15, -0.1) is 12.3 Å². The number of aliphatic hydroxyl groups excluding tert-OH is 1. The van der Waals surface area contributed by atoms with Crippen LogP contribution in [0, 0.1) is 23.7 Å². The van der Waals surface area contributed by atoms with E-state index in [-0.39, 0.29) is 17.1 Å². The van der Waals surface area contributed by atoms with Gasteiger partial charge in [0.25, 0.3) is 0 Å². The van der Waals surface area contributed by atoms with Crippen LogP contribution in [0.15, 0.2) is 11.6 Å². The van der Waals surface area contributed by atoms with E-state index in [4.69, 9.17) is 6.42 Å². The number of allylic oxidation sites excluding steroid dienone is 1. The van der Waals surface area contributed by atoms with E-state index >= 15 is 0 Å². The Balaban J connectivity index is 2.35. The van der Waals surface area contributed by atoms with Crippen molar-refractivity contribution in [2.75, 3.05) is 0 Å². The lowest BCUT2D eigenvalue weighted by Gasteiger charge is -2.45. The van der Waals surface area contributed by atoms with Crippen molar-refractivity contribution in [3.63, 3.8) is 0 Å². The van der Waals surface area contributed by atoms with Crippen LogP contribution in [-0.2, 0) is 4.79 Å². The fourth-order valence-electron chi connectivity index (χ4n) is 2.76. The van der Waals surface area contributed by atoms with E-state index in [0.29, 0.717) is 6.42 Å². The fourth-order valence-corrected chi connectivity index (χ4v) is 2.76. The molecule has 15 heavy (non-hydrogen) atoms. The maximum Gasteiger partial charge on any atom is 0.155 e. The average Bonchev–Trinajstić information content (AvgIpc) is 2.22. The van der Waals surface area contributed by atoms with Crippen LogP contribution in [-0.4, -0.2) is 17.0 Å². The lowest BCUT2D eigenvalue weighted by molar-refractivity contribution is -0.117. The molecule has 2 aliphatic rings. The number of carbonyl (C=O) groups is 1. The van der Waals surface area contributed by atoms with E-state index in [0.717, 1.165) is 24.8 Å². The van der Waals surface area contributed by atoms with Crippen molar-refractivity contribution in [2.24, 2.45) is 11.3 Å². The van der Waals surface area contributed by atoms with E-state index < -0.39 is 6.10 Å². The van der Waals surface area contributed by atoms with Gasteiger partial charge in [-0.2, -0.15) is 0 Å². The zero-order valence-electron chi connectivity index (χ0n) is 8.99. The zero-order chi connectivity index (χ0) is 11.1. The number of aliphatic hydroxyl groups is 1. The molecule has 3 unspecified atom stereocenters. The number of ketones is 1. The Morgan fingerprint density at radius 2 is 2.33 bits per heavy atom. The third kappa shape index (κ3) is 1.52. The maximum atomic E-state index is 11.3. The van der Waals surface area contributed by atoms with Gasteiger partial charge in [-0.05, 0) is 25.3 Å². The number of hydrogen-bond donors (Lipinski definition) is 1. The van der Waals surface area contributed by atoms with Crippen LogP contribution in [0.1, 0.15) is 32.6 Å². The highest BCUT2D eigenvalue weighted by atomic mass is 16.3. The van der Waals surface area contributed by atoms with E-state index in [2.05, 4.69) is 5.92 Å². The summed E-state index contributed by atoms with van der Waals surface area (Å²) < 4.78 is 0. The van der Waals surface area contributed by atoms with Gasteiger partial charge in [0.15, 0.2) is 5.78 Å². The summed E-state index contributed by atoms with van der Waals surface area (Å²) in [6, 6.07) is 0. The van der Waals surface area contributed by atoms with Crippen molar-refractivity contribution in [3.8, 4) is 12.3 Å². The number of fused-ring (bicyclic) bond motifs is 1. The largest absolute Gasteiger partial charge is 0.391 e. The second-order valence-corrected chi connectivity index (χ2v) is 4.81. The first-order chi connectivity index (χ1) is 7.08. The second-order valence-electron chi connectivity index (χ2n) is 4.81. The molecule has 2 aliphatic carbocycles. The van der Waals surface area contributed by atoms with Crippen molar-refractivity contribution >= 4 is 5.78 Å². The topological polar surface area (TPSA) is 37.3 Å². The Bertz CT molecular complexity index is 361. The minimum absolute atomic E-state index is 0.0552. The van der Waals surface area contributed by atoms with E-state index in [9.17, 15) is 9.90 Å². The van der Waals surface area contributed by atoms with Gasteiger partial charge in [-0.25, -0.2) is 0 Å². The number of carbonyl (C=O) groups excluding carboxylic acids is 1. The highest BCUT2D eigenvalue weighted by Crippen LogP contribution is 2.48. The molecule has 1 fully saturated rings. The molecule has 0 saturated heterocycles. The molecule has 1 N–H and O–H groups in total.